The van der Waals surface area contributed by atoms with Gasteiger partial charge in [0.2, 0.25) is 0 Å². The van der Waals surface area contributed by atoms with Gasteiger partial charge in [-0.15, -0.1) is 0 Å². The zero-order valence-electron chi connectivity index (χ0n) is 17.5. The summed E-state index contributed by atoms with van der Waals surface area (Å²) in [5, 5.41) is 12.7. The number of hydrogen-bond donors (Lipinski definition) is 2. The van der Waals surface area contributed by atoms with Gasteiger partial charge in [0.15, 0.2) is 0 Å². The van der Waals surface area contributed by atoms with Crippen LogP contribution in [0.4, 0.5) is 0 Å². The quantitative estimate of drug-likeness (QED) is 0.348. The molecule has 3 nitrogen and oxygen atoms in total. The molecule has 5 rings (SSSR count). The molecule has 0 bridgehead atoms. The molecule has 5 aromatic rings. The summed E-state index contributed by atoms with van der Waals surface area (Å²) in [4.78, 5) is 7.41. The summed E-state index contributed by atoms with van der Waals surface area (Å²) in [5.41, 5.74) is 5.27. The van der Waals surface area contributed by atoms with Crippen LogP contribution < -0.4 is 0 Å². The molecule has 0 fully saturated rings. The molecular formula is C29H22N2O. The zero-order valence-corrected chi connectivity index (χ0v) is 17.5. The van der Waals surface area contributed by atoms with Crippen LogP contribution in [0.5, 0.6) is 5.75 Å². The summed E-state index contributed by atoms with van der Waals surface area (Å²) < 4.78 is 0. The van der Waals surface area contributed by atoms with Gasteiger partial charge in [-0.05, 0) is 51.7 Å². The summed E-state index contributed by atoms with van der Waals surface area (Å²) in [7, 11) is 0. The van der Waals surface area contributed by atoms with Crippen molar-refractivity contribution >= 4 is 10.8 Å². The van der Waals surface area contributed by atoms with Gasteiger partial charge in [0.25, 0.3) is 0 Å². The molecule has 2 N–H and O–H groups in total. The van der Waals surface area contributed by atoms with Crippen LogP contribution in [0.2, 0.25) is 0 Å². The van der Waals surface area contributed by atoms with E-state index in [2.05, 4.69) is 58.2 Å². The van der Waals surface area contributed by atoms with Crippen LogP contribution in [-0.4, -0.2) is 15.1 Å². The van der Waals surface area contributed by atoms with E-state index in [1.54, 1.807) is 6.20 Å². The fraction of sp³-hybridized carbons (Fsp3) is 0.0690. The highest BCUT2D eigenvalue weighted by Crippen LogP contribution is 2.28. The second-order valence-corrected chi connectivity index (χ2v) is 7.82. The Morgan fingerprint density at radius 3 is 2.44 bits per heavy atom. The molecule has 0 aliphatic rings. The van der Waals surface area contributed by atoms with Gasteiger partial charge in [-0.3, -0.25) is 0 Å². The van der Waals surface area contributed by atoms with Crippen LogP contribution in [-0.2, 0) is 12.8 Å². The van der Waals surface area contributed by atoms with Crippen molar-refractivity contribution in [2.45, 2.75) is 12.8 Å². The summed E-state index contributed by atoms with van der Waals surface area (Å²) in [6.45, 7) is 0. The predicted octanol–water partition coefficient (Wildman–Crippen LogP) is 6.12. The number of phenolic OH excluding ortho intramolecular Hbond substituents is 1. The number of hydrogen-bond acceptors (Lipinski definition) is 2. The highest BCUT2D eigenvalue weighted by Gasteiger charge is 2.07. The number of H-pyrrole nitrogens is 1. The number of aromatic nitrogens is 2. The minimum Gasteiger partial charge on any atom is -0.508 e. The molecule has 3 heteroatoms. The number of nitrogens with one attached hydrogen (secondary N) is 1. The molecule has 154 valence electrons. The van der Waals surface area contributed by atoms with Gasteiger partial charge in [-0.25, -0.2) is 4.98 Å². The molecule has 0 aliphatic heterocycles. The first-order valence-electron chi connectivity index (χ1n) is 10.6. The van der Waals surface area contributed by atoms with Gasteiger partial charge >= 0.3 is 0 Å². The maximum absolute atomic E-state index is 10.6. The monoisotopic (exact) mass is 414 g/mol. The zero-order chi connectivity index (χ0) is 21.8. The summed E-state index contributed by atoms with van der Waals surface area (Å²) >= 11 is 0. The first kappa shape index (κ1) is 19.7. The molecule has 0 spiro atoms. The third kappa shape index (κ3) is 4.40. The summed E-state index contributed by atoms with van der Waals surface area (Å²) in [5.74, 6) is 7.69. The summed E-state index contributed by atoms with van der Waals surface area (Å²) in [6, 6.07) is 28.5. The third-order valence-corrected chi connectivity index (χ3v) is 5.53. The first-order chi connectivity index (χ1) is 15.7. The van der Waals surface area contributed by atoms with Crippen molar-refractivity contribution in [3.63, 3.8) is 0 Å². The Kier molecular flexibility index (Phi) is 5.43. The van der Waals surface area contributed by atoms with Crippen LogP contribution in [0.3, 0.4) is 0 Å². The number of phenols is 1. The smallest absolute Gasteiger partial charge is 0.137 e. The van der Waals surface area contributed by atoms with Crippen molar-refractivity contribution < 1.29 is 5.11 Å². The predicted molar refractivity (Wildman–Crippen MR) is 129 cm³/mol. The normalized spacial score (nSPS) is 10.6. The largest absolute Gasteiger partial charge is 0.508 e. The molecule has 1 heterocycles. The van der Waals surface area contributed by atoms with E-state index in [4.69, 9.17) is 0 Å². The van der Waals surface area contributed by atoms with Crippen molar-refractivity contribution in [2.24, 2.45) is 0 Å². The van der Waals surface area contributed by atoms with Gasteiger partial charge in [0.1, 0.15) is 11.6 Å². The van der Waals surface area contributed by atoms with E-state index in [1.165, 1.54) is 5.56 Å². The molecule has 0 atom stereocenters. The number of imidazole rings is 1. The van der Waals surface area contributed by atoms with E-state index in [0.717, 1.165) is 45.3 Å². The number of rotatable bonds is 4. The fourth-order valence-corrected chi connectivity index (χ4v) is 3.82. The van der Waals surface area contributed by atoms with E-state index in [-0.39, 0.29) is 0 Å². The topological polar surface area (TPSA) is 48.9 Å². The molecular weight excluding hydrogens is 392 g/mol. The first-order valence-corrected chi connectivity index (χ1v) is 10.6. The highest BCUT2D eigenvalue weighted by atomic mass is 16.3. The fourth-order valence-electron chi connectivity index (χ4n) is 3.82. The molecule has 0 unspecified atom stereocenters. The molecule has 1 aromatic heterocycles. The molecule has 0 amide bonds. The molecule has 0 saturated heterocycles. The molecule has 0 radical (unpaired) electrons. The van der Waals surface area contributed by atoms with Crippen molar-refractivity contribution in [2.75, 3.05) is 0 Å². The third-order valence-electron chi connectivity index (χ3n) is 5.53. The molecule has 0 saturated carbocycles. The second-order valence-electron chi connectivity index (χ2n) is 7.82. The Labute approximate surface area is 187 Å². The average molecular weight is 415 g/mol. The van der Waals surface area contributed by atoms with E-state index in [1.807, 2.05) is 54.7 Å². The number of aromatic amines is 1. The van der Waals surface area contributed by atoms with E-state index >= 15 is 0 Å². The van der Waals surface area contributed by atoms with Gasteiger partial charge < -0.3 is 10.1 Å². The minimum absolute atomic E-state index is 0.315. The Morgan fingerprint density at radius 2 is 1.66 bits per heavy atom. The molecule has 32 heavy (non-hydrogen) atoms. The van der Waals surface area contributed by atoms with Crippen molar-refractivity contribution in [3.05, 3.63) is 120 Å². The van der Waals surface area contributed by atoms with Crippen molar-refractivity contribution in [3.8, 4) is 29.0 Å². The lowest BCUT2D eigenvalue weighted by atomic mass is 9.98. The van der Waals surface area contributed by atoms with Crippen LogP contribution in [0.15, 0.2) is 97.3 Å². The van der Waals surface area contributed by atoms with E-state index < -0.39 is 0 Å². The average Bonchev–Trinajstić information content (AvgIpc) is 3.36. The Hall–Kier alpha value is -4.29. The van der Waals surface area contributed by atoms with Crippen LogP contribution >= 0.6 is 0 Å². The van der Waals surface area contributed by atoms with Gasteiger partial charge in [0.05, 0.1) is 0 Å². The lowest BCUT2D eigenvalue weighted by Crippen LogP contribution is -1.91. The van der Waals surface area contributed by atoms with Crippen LogP contribution in [0.25, 0.3) is 22.2 Å². The molecule has 4 aromatic carbocycles. The Morgan fingerprint density at radius 1 is 0.812 bits per heavy atom. The lowest BCUT2D eigenvalue weighted by Gasteiger charge is -2.08. The standard InChI is InChI=1S/C29H22N2O/c32-28-20-25-14-11-22(8-4-7-21-5-2-1-3-6-21)17-26(25)19-27(28)18-23-9-12-24(13-10-23)29-30-15-16-31-29/h1-3,5-6,9-17,19-20,32H,7,18H2,(H,30,31). The number of aromatic hydroxyl groups is 1. The van der Waals surface area contributed by atoms with Gasteiger partial charge in [-0.1, -0.05) is 72.5 Å². The van der Waals surface area contributed by atoms with Gasteiger partial charge in [-0.2, -0.15) is 0 Å². The number of nitrogens with zero attached hydrogens (tertiary/aromatic N) is 1. The Balaban J connectivity index is 1.37. The van der Waals surface area contributed by atoms with E-state index in [9.17, 15) is 5.11 Å². The Bertz CT molecular complexity index is 1410. The SMILES string of the molecule is Oc1cc2ccc(C#CCc3ccccc3)cc2cc1Cc1ccc(-c2ncc[nH]2)cc1. The van der Waals surface area contributed by atoms with Crippen molar-refractivity contribution in [1.82, 2.24) is 9.97 Å². The van der Waals surface area contributed by atoms with Gasteiger partial charge in [0, 0.05) is 36.4 Å². The molecule has 0 aliphatic carbocycles. The van der Waals surface area contributed by atoms with E-state index in [0.29, 0.717) is 12.2 Å². The summed E-state index contributed by atoms with van der Waals surface area (Å²) in [6.07, 6.45) is 4.95. The number of benzene rings is 4. The number of fused-ring (bicyclic) bond motifs is 1. The maximum atomic E-state index is 10.6. The minimum atomic E-state index is 0.315. The highest BCUT2D eigenvalue weighted by molar-refractivity contribution is 5.86. The van der Waals surface area contributed by atoms with Crippen LogP contribution in [0, 0.1) is 11.8 Å². The second kappa shape index (κ2) is 8.83. The van der Waals surface area contributed by atoms with Crippen molar-refractivity contribution in [1.29, 1.82) is 0 Å². The maximum Gasteiger partial charge on any atom is 0.137 e. The van der Waals surface area contributed by atoms with Crippen LogP contribution in [0.1, 0.15) is 22.3 Å². The lowest BCUT2D eigenvalue weighted by molar-refractivity contribution is 0.470.